The third kappa shape index (κ3) is 3.36. The molecule has 0 bridgehead atoms. The van der Waals surface area contributed by atoms with Gasteiger partial charge in [-0.2, -0.15) is 0 Å². The number of carbonyl (C=O) groups is 1. The first-order valence-corrected chi connectivity index (χ1v) is 7.69. The van der Waals surface area contributed by atoms with Crippen LogP contribution in [0, 0.1) is 17.4 Å². The van der Waals surface area contributed by atoms with Crippen molar-refractivity contribution in [1.29, 1.82) is 0 Å². The first-order valence-electron chi connectivity index (χ1n) is 5.81. The molecule has 0 aliphatic heterocycles. The van der Waals surface area contributed by atoms with Crippen molar-refractivity contribution in [3.8, 4) is 0 Å². The van der Waals surface area contributed by atoms with Crippen molar-refractivity contribution in [3.05, 3.63) is 61.1 Å². The van der Waals surface area contributed by atoms with Gasteiger partial charge in [-0.15, -0.1) is 0 Å². The summed E-state index contributed by atoms with van der Waals surface area (Å²) < 4.78 is 1.96. The molecular formula is C15H13BrINO. The zero-order chi connectivity index (χ0) is 14.0. The van der Waals surface area contributed by atoms with E-state index >= 15 is 0 Å². The molecule has 1 N–H and O–H groups in total. The molecule has 2 nitrogen and oxygen atoms in total. The number of benzene rings is 2. The van der Waals surface area contributed by atoms with E-state index in [0.29, 0.717) is 0 Å². The van der Waals surface area contributed by atoms with Crippen LogP contribution in [0.3, 0.4) is 0 Å². The van der Waals surface area contributed by atoms with Gasteiger partial charge in [0.15, 0.2) is 0 Å². The monoisotopic (exact) mass is 429 g/mol. The summed E-state index contributed by atoms with van der Waals surface area (Å²) in [5.74, 6) is -0.0710. The fourth-order valence-corrected chi connectivity index (χ4v) is 2.79. The van der Waals surface area contributed by atoms with Crippen LogP contribution < -0.4 is 5.32 Å². The van der Waals surface area contributed by atoms with E-state index in [1.807, 2.05) is 50.2 Å². The molecule has 0 saturated heterocycles. The van der Waals surface area contributed by atoms with Crippen LogP contribution >= 0.6 is 38.5 Å². The van der Waals surface area contributed by atoms with Crippen molar-refractivity contribution in [3.63, 3.8) is 0 Å². The Bertz CT molecular complexity index is 620. The number of hydrogen-bond acceptors (Lipinski definition) is 1. The Hall–Kier alpha value is -0.880. The second kappa shape index (κ2) is 6.05. The van der Waals surface area contributed by atoms with Crippen LogP contribution in [0.1, 0.15) is 21.5 Å². The van der Waals surface area contributed by atoms with Gasteiger partial charge in [-0.05, 0) is 81.7 Å². The van der Waals surface area contributed by atoms with Gasteiger partial charge in [0.2, 0.25) is 0 Å². The van der Waals surface area contributed by atoms with E-state index in [1.165, 1.54) is 0 Å². The lowest BCUT2D eigenvalue weighted by atomic mass is 10.0. The molecule has 0 spiro atoms. The van der Waals surface area contributed by atoms with Crippen LogP contribution in [-0.2, 0) is 0 Å². The molecule has 2 aromatic carbocycles. The standard InChI is InChI=1S/C15H13BrINO/c1-9-4-3-5-10(2)14(9)15(19)18-13-8-11(17)6-7-12(13)16/h3-8H,1-2H3,(H,18,19). The zero-order valence-electron chi connectivity index (χ0n) is 10.6. The van der Waals surface area contributed by atoms with Crippen LogP contribution in [-0.4, -0.2) is 5.91 Å². The molecule has 0 unspecified atom stereocenters. The van der Waals surface area contributed by atoms with Crippen molar-refractivity contribution in [1.82, 2.24) is 0 Å². The highest BCUT2D eigenvalue weighted by atomic mass is 127. The highest BCUT2D eigenvalue weighted by molar-refractivity contribution is 14.1. The summed E-state index contributed by atoms with van der Waals surface area (Å²) in [5, 5.41) is 2.96. The topological polar surface area (TPSA) is 29.1 Å². The van der Waals surface area contributed by atoms with Crippen molar-refractivity contribution >= 4 is 50.1 Å². The molecule has 0 aromatic heterocycles. The highest BCUT2D eigenvalue weighted by Gasteiger charge is 2.13. The van der Waals surface area contributed by atoms with Gasteiger partial charge in [-0.25, -0.2) is 0 Å². The normalized spacial score (nSPS) is 10.3. The van der Waals surface area contributed by atoms with E-state index in [-0.39, 0.29) is 5.91 Å². The first kappa shape index (κ1) is 14.5. The Kier molecular flexibility index (Phi) is 4.62. The summed E-state index contributed by atoms with van der Waals surface area (Å²) >= 11 is 5.68. The van der Waals surface area contributed by atoms with Crippen LogP contribution in [0.4, 0.5) is 5.69 Å². The fraction of sp³-hybridized carbons (Fsp3) is 0.133. The van der Waals surface area contributed by atoms with Gasteiger partial charge in [0.05, 0.1) is 5.69 Å². The molecule has 0 aliphatic carbocycles. The van der Waals surface area contributed by atoms with Gasteiger partial charge in [0.1, 0.15) is 0 Å². The van der Waals surface area contributed by atoms with Crippen molar-refractivity contribution in [2.45, 2.75) is 13.8 Å². The summed E-state index contributed by atoms with van der Waals surface area (Å²) in [7, 11) is 0. The van der Waals surface area contributed by atoms with Crippen molar-refractivity contribution in [2.75, 3.05) is 5.32 Å². The Balaban J connectivity index is 2.34. The number of rotatable bonds is 2. The maximum Gasteiger partial charge on any atom is 0.256 e. The van der Waals surface area contributed by atoms with E-state index in [9.17, 15) is 4.79 Å². The summed E-state index contributed by atoms with van der Waals surface area (Å²) in [6, 6.07) is 11.7. The average molecular weight is 430 g/mol. The number of anilines is 1. The molecule has 0 aliphatic rings. The van der Waals surface area contributed by atoms with E-state index in [2.05, 4.69) is 43.8 Å². The maximum atomic E-state index is 12.4. The highest BCUT2D eigenvalue weighted by Crippen LogP contribution is 2.25. The van der Waals surface area contributed by atoms with Gasteiger partial charge in [0, 0.05) is 13.6 Å². The Labute approximate surface area is 134 Å². The van der Waals surface area contributed by atoms with Gasteiger partial charge >= 0.3 is 0 Å². The number of halogens is 2. The predicted octanol–water partition coefficient (Wildman–Crippen LogP) is 4.92. The second-order valence-electron chi connectivity index (χ2n) is 4.35. The predicted molar refractivity (Wildman–Crippen MR) is 90.7 cm³/mol. The molecule has 0 heterocycles. The lowest BCUT2D eigenvalue weighted by molar-refractivity contribution is 0.102. The van der Waals surface area contributed by atoms with Gasteiger partial charge < -0.3 is 5.32 Å². The minimum absolute atomic E-state index is 0.0710. The first-order chi connectivity index (χ1) is 8.99. The molecule has 0 atom stereocenters. The maximum absolute atomic E-state index is 12.4. The third-order valence-electron chi connectivity index (χ3n) is 2.88. The summed E-state index contributed by atoms with van der Waals surface area (Å²) in [6.07, 6.45) is 0. The molecule has 4 heteroatoms. The van der Waals surface area contributed by atoms with Crippen LogP contribution in [0.25, 0.3) is 0 Å². The number of carbonyl (C=O) groups excluding carboxylic acids is 1. The summed E-state index contributed by atoms with van der Waals surface area (Å²) in [6.45, 7) is 3.90. The van der Waals surface area contributed by atoms with Crippen LogP contribution in [0.15, 0.2) is 40.9 Å². The summed E-state index contributed by atoms with van der Waals surface area (Å²) in [5.41, 5.74) is 3.51. The smallest absolute Gasteiger partial charge is 0.256 e. The average Bonchev–Trinajstić information content (AvgIpc) is 2.33. The number of nitrogens with one attached hydrogen (secondary N) is 1. The Morgan fingerprint density at radius 1 is 1.16 bits per heavy atom. The zero-order valence-corrected chi connectivity index (χ0v) is 14.4. The summed E-state index contributed by atoms with van der Waals surface area (Å²) in [4.78, 5) is 12.4. The quantitative estimate of drug-likeness (QED) is 0.674. The molecular weight excluding hydrogens is 417 g/mol. The fourth-order valence-electron chi connectivity index (χ4n) is 1.95. The van der Waals surface area contributed by atoms with E-state index in [0.717, 1.165) is 30.4 Å². The number of aryl methyl sites for hydroxylation is 2. The van der Waals surface area contributed by atoms with E-state index < -0.39 is 0 Å². The second-order valence-corrected chi connectivity index (χ2v) is 6.45. The number of hydrogen-bond donors (Lipinski definition) is 1. The number of amides is 1. The van der Waals surface area contributed by atoms with Crippen molar-refractivity contribution < 1.29 is 4.79 Å². The van der Waals surface area contributed by atoms with Gasteiger partial charge in [-0.3, -0.25) is 4.79 Å². The molecule has 0 saturated carbocycles. The molecule has 98 valence electrons. The molecule has 1 amide bonds. The largest absolute Gasteiger partial charge is 0.321 e. The van der Waals surface area contributed by atoms with Crippen LogP contribution in [0.2, 0.25) is 0 Å². The minimum Gasteiger partial charge on any atom is -0.321 e. The lowest BCUT2D eigenvalue weighted by Crippen LogP contribution is -2.15. The SMILES string of the molecule is Cc1cccc(C)c1C(=O)Nc1cc(I)ccc1Br. The third-order valence-corrected chi connectivity index (χ3v) is 4.25. The van der Waals surface area contributed by atoms with Crippen molar-refractivity contribution in [2.24, 2.45) is 0 Å². The molecule has 2 aromatic rings. The van der Waals surface area contributed by atoms with Gasteiger partial charge in [-0.1, -0.05) is 18.2 Å². The molecule has 0 fully saturated rings. The molecule has 2 rings (SSSR count). The van der Waals surface area contributed by atoms with Gasteiger partial charge in [0.25, 0.3) is 5.91 Å². The molecule has 0 radical (unpaired) electrons. The minimum atomic E-state index is -0.0710. The Morgan fingerprint density at radius 2 is 1.79 bits per heavy atom. The van der Waals surface area contributed by atoms with Crippen LogP contribution in [0.5, 0.6) is 0 Å². The molecule has 19 heavy (non-hydrogen) atoms. The van der Waals surface area contributed by atoms with E-state index in [4.69, 9.17) is 0 Å². The van der Waals surface area contributed by atoms with E-state index in [1.54, 1.807) is 0 Å². The Morgan fingerprint density at radius 3 is 2.42 bits per heavy atom. The lowest BCUT2D eigenvalue weighted by Gasteiger charge is -2.11.